The van der Waals surface area contributed by atoms with Gasteiger partial charge in [-0.15, -0.1) is 0 Å². The van der Waals surface area contributed by atoms with Gasteiger partial charge in [-0.2, -0.15) is 0 Å². The van der Waals surface area contributed by atoms with Crippen LogP contribution in [0.4, 0.5) is 0 Å². The first-order valence-corrected chi connectivity index (χ1v) is 10.3. The Morgan fingerprint density at radius 3 is 1.78 bits per heavy atom. The van der Waals surface area contributed by atoms with Crippen LogP contribution in [0.1, 0.15) is 91.9 Å². The first kappa shape index (κ1) is 23.2. The molecule has 0 saturated carbocycles. The van der Waals surface area contributed by atoms with E-state index in [0.29, 0.717) is 24.3 Å². The van der Waals surface area contributed by atoms with E-state index in [4.69, 9.17) is 9.47 Å². The Kier molecular flexibility index (Phi) is 10.8. The molecular formula is C23H36O4. The number of unbranched alkanes of at least 4 members (excludes halogenated alkanes) is 7. The van der Waals surface area contributed by atoms with Crippen LogP contribution in [0.5, 0.6) is 11.5 Å². The second-order valence-corrected chi connectivity index (χ2v) is 8.36. The summed E-state index contributed by atoms with van der Waals surface area (Å²) in [6.45, 7) is 8.15. The van der Waals surface area contributed by atoms with Crippen molar-refractivity contribution >= 4 is 11.9 Å². The van der Waals surface area contributed by atoms with E-state index in [9.17, 15) is 9.59 Å². The minimum Gasteiger partial charge on any atom is -0.423 e. The summed E-state index contributed by atoms with van der Waals surface area (Å²) in [5.74, 6) is 0.00900. The van der Waals surface area contributed by atoms with Gasteiger partial charge in [0.25, 0.3) is 0 Å². The Morgan fingerprint density at radius 1 is 0.778 bits per heavy atom. The molecule has 0 aliphatic heterocycles. The van der Waals surface area contributed by atoms with Gasteiger partial charge < -0.3 is 9.47 Å². The minimum atomic E-state index is -0.325. The van der Waals surface area contributed by atoms with Crippen molar-refractivity contribution in [3.05, 3.63) is 24.3 Å². The van der Waals surface area contributed by atoms with E-state index in [0.717, 1.165) is 19.3 Å². The van der Waals surface area contributed by atoms with Gasteiger partial charge in [0.1, 0.15) is 0 Å². The first-order valence-electron chi connectivity index (χ1n) is 10.3. The Labute approximate surface area is 164 Å². The predicted octanol–water partition coefficient (Wildman–Crippen LogP) is 6.46. The number of benzene rings is 1. The quantitative estimate of drug-likeness (QED) is 0.238. The zero-order chi connectivity index (χ0) is 20.1. The Balaban J connectivity index is 2.36. The molecule has 1 rings (SSSR count). The molecule has 4 heteroatoms. The smallest absolute Gasteiger partial charge is 0.311 e. The first-order chi connectivity index (χ1) is 12.8. The second-order valence-electron chi connectivity index (χ2n) is 8.36. The van der Waals surface area contributed by atoms with E-state index in [1.165, 1.54) is 32.1 Å². The van der Waals surface area contributed by atoms with Crippen molar-refractivity contribution < 1.29 is 19.1 Å². The van der Waals surface area contributed by atoms with Gasteiger partial charge in [-0.3, -0.25) is 9.59 Å². The van der Waals surface area contributed by atoms with Gasteiger partial charge in [-0.1, -0.05) is 84.8 Å². The average molecular weight is 377 g/mol. The van der Waals surface area contributed by atoms with E-state index in [2.05, 4.69) is 6.92 Å². The van der Waals surface area contributed by atoms with Crippen LogP contribution >= 0.6 is 0 Å². The molecule has 0 aliphatic rings. The molecule has 0 aliphatic carbocycles. The molecule has 27 heavy (non-hydrogen) atoms. The maximum atomic E-state index is 12.1. The standard InChI is InChI=1S/C23H36O4/c1-5-6-7-8-9-10-11-12-17-21(24)26-19-15-13-14-16-20(19)27-22(25)18-23(2,3)4/h13-16H,5-12,17-18H2,1-4H3. The van der Waals surface area contributed by atoms with Gasteiger partial charge in [0.2, 0.25) is 0 Å². The van der Waals surface area contributed by atoms with Gasteiger partial charge in [0.05, 0.1) is 6.42 Å². The zero-order valence-electron chi connectivity index (χ0n) is 17.5. The summed E-state index contributed by atoms with van der Waals surface area (Å²) in [4.78, 5) is 24.1. The van der Waals surface area contributed by atoms with Crippen molar-refractivity contribution in [3.63, 3.8) is 0 Å². The highest BCUT2D eigenvalue weighted by atomic mass is 16.6. The summed E-state index contributed by atoms with van der Waals surface area (Å²) >= 11 is 0. The van der Waals surface area contributed by atoms with Crippen LogP contribution < -0.4 is 9.47 Å². The molecular weight excluding hydrogens is 340 g/mol. The third-order valence-corrected chi connectivity index (χ3v) is 4.21. The Bertz CT molecular complexity index is 572. The third kappa shape index (κ3) is 11.5. The largest absolute Gasteiger partial charge is 0.423 e. The Hall–Kier alpha value is -1.84. The van der Waals surface area contributed by atoms with Gasteiger partial charge in [-0.25, -0.2) is 0 Å². The lowest BCUT2D eigenvalue weighted by Gasteiger charge is -2.17. The summed E-state index contributed by atoms with van der Waals surface area (Å²) < 4.78 is 10.8. The molecule has 0 spiro atoms. The highest BCUT2D eigenvalue weighted by Gasteiger charge is 2.19. The van der Waals surface area contributed by atoms with Gasteiger partial charge in [0, 0.05) is 6.42 Å². The van der Waals surface area contributed by atoms with Crippen LogP contribution in [0, 0.1) is 5.41 Å². The topological polar surface area (TPSA) is 52.6 Å². The molecule has 0 amide bonds. The number of para-hydroxylation sites is 2. The van der Waals surface area contributed by atoms with Crippen molar-refractivity contribution in [2.45, 2.75) is 91.9 Å². The number of ether oxygens (including phenoxy) is 2. The number of carbonyl (C=O) groups is 2. The molecule has 0 unspecified atom stereocenters. The average Bonchev–Trinajstić information content (AvgIpc) is 2.57. The number of rotatable bonds is 12. The van der Waals surface area contributed by atoms with E-state index < -0.39 is 0 Å². The normalized spacial score (nSPS) is 11.3. The molecule has 0 N–H and O–H groups in total. The molecule has 0 aromatic heterocycles. The van der Waals surface area contributed by atoms with Gasteiger partial charge in [0.15, 0.2) is 11.5 Å². The highest BCUT2D eigenvalue weighted by molar-refractivity contribution is 5.76. The van der Waals surface area contributed by atoms with Gasteiger partial charge >= 0.3 is 11.9 Å². The van der Waals surface area contributed by atoms with E-state index in [1.807, 2.05) is 20.8 Å². The number of carbonyl (C=O) groups excluding carboxylic acids is 2. The number of hydrogen-bond donors (Lipinski definition) is 0. The summed E-state index contributed by atoms with van der Waals surface area (Å²) in [6, 6.07) is 6.83. The van der Waals surface area contributed by atoms with Crippen molar-refractivity contribution in [3.8, 4) is 11.5 Å². The molecule has 1 aromatic rings. The second kappa shape index (κ2) is 12.5. The molecule has 1 aromatic carbocycles. The number of hydrogen-bond acceptors (Lipinski definition) is 4. The molecule has 152 valence electrons. The maximum absolute atomic E-state index is 12.1. The minimum absolute atomic E-state index is 0.154. The lowest BCUT2D eigenvalue weighted by Crippen LogP contribution is -2.18. The molecule has 0 saturated heterocycles. The third-order valence-electron chi connectivity index (χ3n) is 4.21. The number of esters is 2. The molecule has 0 fully saturated rings. The van der Waals surface area contributed by atoms with Crippen molar-refractivity contribution in [2.75, 3.05) is 0 Å². The van der Waals surface area contributed by atoms with Crippen LogP contribution in [-0.4, -0.2) is 11.9 Å². The SMILES string of the molecule is CCCCCCCCCCC(=O)Oc1ccccc1OC(=O)CC(C)(C)C. The molecule has 4 nitrogen and oxygen atoms in total. The molecule has 0 bridgehead atoms. The van der Waals surface area contributed by atoms with Crippen LogP contribution in [0.25, 0.3) is 0 Å². The predicted molar refractivity (Wildman–Crippen MR) is 109 cm³/mol. The van der Waals surface area contributed by atoms with Crippen molar-refractivity contribution in [1.29, 1.82) is 0 Å². The van der Waals surface area contributed by atoms with Crippen molar-refractivity contribution in [2.24, 2.45) is 5.41 Å². The summed E-state index contributed by atoms with van der Waals surface area (Å²) in [5, 5.41) is 0. The monoisotopic (exact) mass is 376 g/mol. The lowest BCUT2D eigenvalue weighted by atomic mass is 9.92. The fraction of sp³-hybridized carbons (Fsp3) is 0.652. The lowest BCUT2D eigenvalue weighted by molar-refractivity contribution is -0.138. The molecule has 0 heterocycles. The zero-order valence-corrected chi connectivity index (χ0v) is 17.5. The van der Waals surface area contributed by atoms with Crippen LogP contribution in [0.15, 0.2) is 24.3 Å². The fourth-order valence-electron chi connectivity index (χ4n) is 2.79. The highest BCUT2D eigenvalue weighted by Crippen LogP contribution is 2.29. The fourth-order valence-corrected chi connectivity index (χ4v) is 2.79. The van der Waals surface area contributed by atoms with E-state index in [1.54, 1.807) is 24.3 Å². The maximum Gasteiger partial charge on any atom is 0.311 e. The van der Waals surface area contributed by atoms with Gasteiger partial charge in [-0.05, 0) is 24.0 Å². The van der Waals surface area contributed by atoms with Crippen molar-refractivity contribution in [1.82, 2.24) is 0 Å². The summed E-state index contributed by atoms with van der Waals surface area (Å²) in [6.07, 6.45) is 10.1. The summed E-state index contributed by atoms with van der Waals surface area (Å²) in [7, 11) is 0. The van der Waals surface area contributed by atoms with Crippen LogP contribution in [0.2, 0.25) is 0 Å². The Morgan fingerprint density at radius 2 is 1.26 bits per heavy atom. The summed E-state index contributed by atoms with van der Waals surface area (Å²) in [5.41, 5.74) is -0.154. The van der Waals surface area contributed by atoms with E-state index in [-0.39, 0.29) is 17.4 Å². The van der Waals surface area contributed by atoms with Crippen LogP contribution in [-0.2, 0) is 9.59 Å². The van der Waals surface area contributed by atoms with E-state index >= 15 is 0 Å². The molecule has 0 radical (unpaired) electrons. The molecule has 0 atom stereocenters. The van der Waals surface area contributed by atoms with Crippen LogP contribution in [0.3, 0.4) is 0 Å².